The Kier molecular flexibility index (Phi) is 5.64. The minimum absolute atomic E-state index is 0.00498. The van der Waals surface area contributed by atoms with Crippen LogP contribution in [0, 0.1) is 17.3 Å². The Morgan fingerprint density at radius 2 is 2.11 bits per heavy atom. The molecule has 3 nitrogen and oxygen atoms in total. The molecule has 1 aliphatic heterocycles. The lowest BCUT2D eigenvalue weighted by atomic mass is 9.84. The molecule has 1 fully saturated rings. The molecular weight excluding hydrogens is 224 g/mol. The minimum Gasteiger partial charge on any atom is -0.342 e. The van der Waals surface area contributed by atoms with Gasteiger partial charge < -0.3 is 10.6 Å². The fourth-order valence-corrected chi connectivity index (χ4v) is 2.95. The summed E-state index contributed by atoms with van der Waals surface area (Å²) in [5.41, 5.74) is 5.96. The first kappa shape index (κ1) is 15.5. The van der Waals surface area contributed by atoms with Crippen LogP contribution in [0.3, 0.4) is 0 Å². The summed E-state index contributed by atoms with van der Waals surface area (Å²) in [7, 11) is 0. The second kappa shape index (κ2) is 6.55. The van der Waals surface area contributed by atoms with Gasteiger partial charge in [-0.25, -0.2) is 0 Å². The fraction of sp³-hybridized carbons (Fsp3) is 0.933. The summed E-state index contributed by atoms with van der Waals surface area (Å²) in [6.07, 6.45) is 4.52. The van der Waals surface area contributed by atoms with Crippen LogP contribution in [-0.4, -0.2) is 30.4 Å². The van der Waals surface area contributed by atoms with Gasteiger partial charge in [0, 0.05) is 19.6 Å². The minimum atomic E-state index is 0.00498. The summed E-state index contributed by atoms with van der Waals surface area (Å²) in [6, 6.07) is 0. The molecule has 3 heteroatoms. The number of amides is 1. The number of carbonyl (C=O) groups excluding carboxylic acids is 1. The molecule has 2 N–H and O–H groups in total. The zero-order chi connectivity index (χ0) is 13.8. The largest absolute Gasteiger partial charge is 0.342 e. The molecule has 1 rings (SSSR count). The number of rotatable bonds is 5. The highest BCUT2D eigenvalue weighted by Gasteiger charge is 2.31. The Balaban J connectivity index is 2.52. The summed E-state index contributed by atoms with van der Waals surface area (Å²) in [4.78, 5) is 14.5. The number of carbonyl (C=O) groups is 1. The maximum atomic E-state index is 12.4. The van der Waals surface area contributed by atoms with Crippen LogP contribution in [0.1, 0.15) is 53.4 Å². The number of hydrogen-bond donors (Lipinski definition) is 1. The number of hydrogen-bond acceptors (Lipinski definition) is 2. The van der Waals surface area contributed by atoms with Crippen molar-refractivity contribution in [3.8, 4) is 0 Å². The van der Waals surface area contributed by atoms with E-state index in [0.717, 1.165) is 19.5 Å². The van der Waals surface area contributed by atoms with Gasteiger partial charge in [0.2, 0.25) is 5.91 Å². The molecule has 0 spiro atoms. The first-order chi connectivity index (χ1) is 8.37. The van der Waals surface area contributed by atoms with E-state index >= 15 is 0 Å². The molecular formula is C15H30N2O. The quantitative estimate of drug-likeness (QED) is 0.820. The second-order valence-corrected chi connectivity index (χ2v) is 6.93. The molecule has 106 valence electrons. The van der Waals surface area contributed by atoms with Crippen molar-refractivity contribution in [1.82, 2.24) is 4.90 Å². The summed E-state index contributed by atoms with van der Waals surface area (Å²) in [5.74, 6) is 1.00. The highest BCUT2D eigenvalue weighted by Crippen LogP contribution is 2.28. The lowest BCUT2D eigenvalue weighted by Gasteiger charge is -2.28. The van der Waals surface area contributed by atoms with Crippen LogP contribution < -0.4 is 5.73 Å². The molecule has 1 amide bonds. The molecule has 0 aromatic rings. The molecule has 2 unspecified atom stereocenters. The van der Waals surface area contributed by atoms with Crippen LogP contribution in [0.5, 0.6) is 0 Å². The van der Waals surface area contributed by atoms with E-state index in [0.29, 0.717) is 12.5 Å². The Morgan fingerprint density at radius 1 is 1.44 bits per heavy atom. The molecule has 0 bridgehead atoms. The molecule has 1 aliphatic rings. The van der Waals surface area contributed by atoms with E-state index in [1.54, 1.807) is 0 Å². The predicted molar refractivity (Wildman–Crippen MR) is 76.2 cm³/mol. The third-order valence-corrected chi connectivity index (χ3v) is 3.79. The number of likely N-dealkylation sites (tertiary alicyclic amines) is 1. The third kappa shape index (κ3) is 4.60. The smallest absolute Gasteiger partial charge is 0.226 e. The van der Waals surface area contributed by atoms with Crippen molar-refractivity contribution >= 4 is 5.91 Å². The van der Waals surface area contributed by atoms with Crippen LogP contribution in [-0.2, 0) is 4.79 Å². The molecule has 18 heavy (non-hydrogen) atoms. The van der Waals surface area contributed by atoms with Gasteiger partial charge in [0.15, 0.2) is 0 Å². The van der Waals surface area contributed by atoms with Crippen LogP contribution in [0.2, 0.25) is 0 Å². The Labute approximate surface area is 112 Å². The highest BCUT2D eigenvalue weighted by atomic mass is 16.2. The zero-order valence-corrected chi connectivity index (χ0v) is 12.5. The van der Waals surface area contributed by atoms with E-state index in [2.05, 4.69) is 27.7 Å². The van der Waals surface area contributed by atoms with Crippen molar-refractivity contribution < 1.29 is 4.79 Å². The van der Waals surface area contributed by atoms with E-state index in [9.17, 15) is 4.79 Å². The highest BCUT2D eigenvalue weighted by molar-refractivity contribution is 5.79. The lowest BCUT2D eigenvalue weighted by Crippen LogP contribution is -2.39. The van der Waals surface area contributed by atoms with Crippen LogP contribution in [0.25, 0.3) is 0 Å². The van der Waals surface area contributed by atoms with Gasteiger partial charge in [-0.1, -0.05) is 34.1 Å². The van der Waals surface area contributed by atoms with Gasteiger partial charge in [-0.05, 0) is 30.6 Å². The van der Waals surface area contributed by atoms with Gasteiger partial charge in [-0.3, -0.25) is 4.79 Å². The zero-order valence-electron chi connectivity index (χ0n) is 12.5. The van der Waals surface area contributed by atoms with E-state index < -0.39 is 0 Å². The third-order valence-electron chi connectivity index (χ3n) is 3.79. The normalized spacial score (nSPS) is 22.3. The molecule has 0 aliphatic carbocycles. The summed E-state index contributed by atoms with van der Waals surface area (Å²) in [6.45, 7) is 11.1. The SMILES string of the molecule is CCCC1CCN(C(=O)C(CN)CC(C)(C)C)C1. The van der Waals surface area contributed by atoms with Crippen molar-refractivity contribution in [3.05, 3.63) is 0 Å². The van der Waals surface area contributed by atoms with Gasteiger partial charge >= 0.3 is 0 Å². The van der Waals surface area contributed by atoms with Gasteiger partial charge in [0.25, 0.3) is 0 Å². The maximum Gasteiger partial charge on any atom is 0.226 e. The van der Waals surface area contributed by atoms with E-state index in [-0.39, 0.29) is 17.2 Å². The summed E-state index contributed by atoms with van der Waals surface area (Å²) in [5, 5.41) is 0. The van der Waals surface area contributed by atoms with Crippen LogP contribution in [0.4, 0.5) is 0 Å². The van der Waals surface area contributed by atoms with E-state index in [1.807, 2.05) is 4.90 Å². The van der Waals surface area contributed by atoms with Crippen molar-refractivity contribution in [1.29, 1.82) is 0 Å². The molecule has 0 saturated carbocycles. The van der Waals surface area contributed by atoms with Gasteiger partial charge in [0.05, 0.1) is 5.92 Å². The van der Waals surface area contributed by atoms with E-state index in [4.69, 9.17) is 5.73 Å². The molecule has 2 atom stereocenters. The first-order valence-corrected chi connectivity index (χ1v) is 7.36. The molecule has 0 aromatic carbocycles. The summed E-state index contributed by atoms with van der Waals surface area (Å²) < 4.78 is 0. The standard InChI is InChI=1S/C15H30N2O/c1-5-6-12-7-8-17(11-12)14(18)13(10-16)9-15(2,3)4/h12-13H,5-11,16H2,1-4H3. The van der Waals surface area contributed by atoms with Crippen LogP contribution >= 0.6 is 0 Å². The van der Waals surface area contributed by atoms with Crippen molar-refractivity contribution in [3.63, 3.8) is 0 Å². The van der Waals surface area contributed by atoms with Gasteiger partial charge in [-0.2, -0.15) is 0 Å². The predicted octanol–water partition coefficient (Wildman–Crippen LogP) is 2.65. The van der Waals surface area contributed by atoms with Crippen molar-refractivity contribution in [2.45, 2.75) is 53.4 Å². The Hall–Kier alpha value is -0.570. The topological polar surface area (TPSA) is 46.3 Å². The maximum absolute atomic E-state index is 12.4. The molecule has 1 saturated heterocycles. The van der Waals surface area contributed by atoms with Crippen molar-refractivity contribution in [2.75, 3.05) is 19.6 Å². The van der Waals surface area contributed by atoms with Gasteiger partial charge in [0.1, 0.15) is 0 Å². The van der Waals surface area contributed by atoms with Crippen LogP contribution in [0.15, 0.2) is 0 Å². The average molecular weight is 254 g/mol. The number of nitrogens with zero attached hydrogens (tertiary/aromatic N) is 1. The lowest BCUT2D eigenvalue weighted by molar-refractivity contribution is -0.135. The fourth-order valence-electron chi connectivity index (χ4n) is 2.95. The average Bonchev–Trinajstić information content (AvgIpc) is 2.73. The monoisotopic (exact) mass is 254 g/mol. The Bertz CT molecular complexity index is 270. The van der Waals surface area contributed by atoms with Gasteiger partial charge in [-0.15, -0.1) is 0 Å². The Morgan fingerprint density at radius 3 is 2.61 bits per heavy atom. The first-order valence-electron chi connectivity index (χ1n) is 7.36. The number of nitrogens with two attached hydrogens (primary N) is 1. The summed E-state index contributed by atoms with van der Waals surface area (Å²) >= 11 is 0. The molecule has 0 radical (unpaired) electrons. The van der Waals surface area contributed by atoms with Crippen molar-refractivity contribution in [2.24, 2.45) is 23.0 Å². The second-order valence-electron chi connectivity index (χ2n) is 6.93. The van der Waals surface area contributed by atoms with E-state index in [1.165, 1.54) is 19.3 Å². The molecule has 0 aromatic heterocycles. The molecule has 1 heterocycles.